The summed E-state index contributed by atoms with van der Waals surface area (Å²) < 4.78 is 3.59. The van der Waals surface area contributed by atoms with Crippen LogP contribution >= 0.6 is 11.5 Å². The molecule has 1 heterocycles. The lowest BCUT2D eigenvalue weighted by atomic mass is 9.80. The number of hydrogen-bond donors (Lipinski definition) is 3. The third-order valence-corrected chi connectivity index (χ3v) is 2.56. The van der Waals surface area contributed by atoms with Gasteiger partial charge in [-0.1, -0.05) is 16.6 Å². The molecule has 1 aromatic carbocycles. The molecule has 6 nitrogen and oxygen atoms in total. The van der Waals surface area contributed by atoms with Gasteiger partial charge in [0.05, 0.1) is 0 Å². The standard InChI is InChI=1S/C9H8BN3O3S/c14-9(8-5-17-13-12-8)11-7-3-1-6(2-4-7)10(15)16/h1-5,15-16H,(H,11,14). The summed E-state index contributed by atoms with van der Waals surface area (Å²) in [6.45, 7) is 0. The van der Waals surface area contributed by atoms with E-state index in [2.05, 4.69) is 14.9 Å². The van der Waals surface area contributed by atoms with Gasteiger partial charge >= 0.3 is 7.12 Å². The normalized spacial score (nSPS) is 10.0. The Morgan fingerprint density at radius 3 is 2.53 bits per heavy atom. The molecular weight excluding hydrogens is 241 g/mol. The maximum Gasteiger partial charge on any atom is 0.488 e. The number of nitrogens with one attached hydrogen (secondary N) is 1. The van der Waals surface area contributed by atoms with E-state index in [1.54, 1.807) is 17.5 Å². The second-order valence-corrected chi connectivity index (χ2v) is 3.85. The van der Waals surface area contributed by atoms with Crippen molar-refractivity contribution in [3.8, 4) is 0 Å². The Morgan fingerprint density at radius 1 is 1.29 bits per heavy atom. The third kappa shape index (κ3) is 2.87. The summed E-state index contributed by atoms with van der Waals surface area (Å²) in [4.78, 5) is 11.6. The van der Waals surface area contributed by atoms with Gasteiger partial charge in [-0.2, -0.15) is 0 Å². The predicted octanol–water partition coefficient (Wildman–Crippen LogP) is -0.530. The molecule has 0 unspecified atom stereocenters. The molecule has 0 fully saturated rings. The van der Waals surface area contributed by atoms with Gasteiger partial charge in [0.15, 0.2) is 5.69 Å². The van der Waals surface area contributed by atoms with Crippen LogP contribution in [0.4, 0.5) is 5.69 Å². The SMILES string of the molecule is O=C(Nc1ccc(B(O)O)cc1)c1csnn1. The number of benzene rings is 1. The van der Waals surface area contributed by atoms with Crippen LogP contribution in [0, 0.1) is 0 Å². The monoisotopic (exact) mass is 249 g/mol. The highest BCUT2D eigenvalue weighted by atomic mass is 32.1. The van der Waals surface area contributed by atoms with Crippen LogP contribution in [-0.2, 0) is 0 Å². The summed E-state index contributed by atoms with van der Waals surface area (Å²) in [5, 5.41) is 25.6. The van der Waals surface area contributed by atoms with Gasteiger partial charge < -0.3 is 15.4 Å². The van der Waals surface area contributed by atoms with Crippen LogP contribution in [0.1, 0.15) is 10.5 Å². The molecule has 1 amide bonds. The fourth-order valence-electron chi connectivity index (χ4n) is 1.20. The van der Waals surface area contributed by atoms with Gasteiger partial charge in [0.25, 0.3) is 5.91 Å². The van der Waals surface area contributed by atoms with Crippen LogP contribution < -0.4 is 10.8 Å². The quantitative estimate of drug-likeness (QED) is 0.635. The van der Waals surface area contributed by atoms with Gasteiger partial charge in [-0.15, -0.1) is 5.10 Å². The molecule has 1 aromatic heterocycles. The topological polar surface area (TPSA) is 95.3 Å². The molecule has 17 heavy (non-hydrogen) atoms. The second kappa shape index (κ2) is 5.04. The first-order valence-corrected chi connectivity index (χ1v) is 5.55. The number of nitrogens with zero attached hydrogens (tertiary/aromatic N) is 2. The highest BCUT2D eigenvalue weighted by Gasteiger charge is 2.12. The molecule has 0 aliphatic heterocycles. The molecule has 0 spiro atoms. The van der Waals surface area contributed by atoms with Crippen molar-refractivity contribution < 1.29 is 14.8 Å². The first-order chi connectivity index (χ1) is 8.16. The fourth-order valence-corrected chi connectivity index (χ4v) is 1.63. The first-order valence-electron chi connectivity index (χ1n) is 4.71. The van der Waals surface area contributed by atoms with Crippen molar-refractivity contribution in [3.05, 3.63) is 35.3 Å². The van der Waals surface area contributed by atoms with Crippen LogP contribution in [0.2, 0.25) is 0 Å². The molecule has 0 bridgehead atoms. The number of carbonyl (C=O) groups excluding carboxylic acids is 1. The molecule has 0 saturated heterocycles. The van der Waals surface area contributed by atoms with Crippen molar-refractivity contribution in [1.82, 2.24) is 9.59 Å². The van der Waals surface area contributed by atoms with E-state index >= 15 is 0 Å². The Bertz CT molecular complexity index is 501. The van der Waals surface area contributed by atoms with Gasteiger partial charge in [-0.05, 0) is 29.1 Å². The zero-order valence-electron chi connectivity index (χ0n) is 8.57. The summed E-state index contributed by atoms with van der Waals surface area (Å²) in [6, 6.07) is 6.18. The van der Waals surface area contributed by atoms with Crippen LogP contribution in [0.5, 0.6) is 0 Å². The third-order valence-electron chi connectivity index (χ3n) is 2.06. The van der Waals surface area contributed by atoms with Crippen molar-refractivity contribution in [1.29, 1.82) is 0 Å². The fraction of sp³-hybridized carbons (Fsp3) is 0. The van der Waals surface area contributed by atoms with Crippen molar-refractivity contribution >= 4 is 35.7 Å². The average molecular weight is 249 g/mol. The van der Waals surface area contributed by atoms with Crippen LogP contribution in [0.3, 0.4) is 0 Å². The molecule has 0 aliphatic rings. The van der Waals surface area contributed by atoms with Crippen LogP contribution in [0.25, 0.3) is 0 Å². The Labute approximate surface area is 101 Å². The van der Waals surface area contributed by atoms with E-state index in [4.69, 9.17) is 10.0 Å². The van der Waals surface area contributed by atoms with E-state index in [1.807, 2.05) is 0 Å². The highest BCUT2D eigenvalue weighted by Crippen LogP contribution is 2.07. The van der Waals surface area contributed by atoms with Gasteiger partial charge in [-0.25, -0.2) is 0 Å². The lowest BCUT2D eigenvalue weighted by molar-refractivity contribution is 0.102. The molecule has 0 radical (unpaired) electrons. The second-order valence-electron chi connectivity index (χ2n) is 3.24. The molecule has 0 aliphatic carbocycles. The summed E-state index contributed by atoms with van der Waals surface area (Å²) in [5.74, 6) is -0.351. The Morgan fingerprint density at radius 2 is 2.00 bits per heavy atom. The summed E-state index contributed by atoms with van der Waals surface area (Å²) >= 11 is 1.10. The minimum absolute atomic E-state index is 0.251. The van der Waals surface area contributed by atoms with Crippen molar-refractivity contribution in [2.24, 2.45) is 0 Å². The number of hydrogen-bond acceptors (Lipinski definition) is 6. The number of aromatic nitrogens is 2. The first kappa shape index (κ1) is 11.7. The lowest BCUT2D eigenvalue weighted by Crippen LogP contribution is -2.29. The molecule has 86 valence electrons. The number of amides is 1. The molecular formula is C9H8BN3O3S. The number of carbonyl (C=O) groups is 1. The van der Waals surface area contributed by atoms with E-state index in [-0.39, 0.29) is 11.6 Å². The lowest BCUT2D eigenvalue weighted by Gasteiger charge is -2.04. The van der Waals surface area contributed by atoms with Gasteiger partial charge in [0.2, 0.25) is 0 Å². The molecule has 2 rings (SSSR count). The van der Waals surface area contributed by atoms with E-state index in [0.29, 0.717) is 11.2 Å². The zero-order valence-corrected chi connectivity index (χ0v) is 9.39. The van der Waals surface area contributed by atoms with Crippen molar-refractivity contribution in [3.63, 3.8) is 0 Å². The van der Waals surface area contributed by atoms with Gasteiger partial charge in [0.1, 0.15) is 0 Å². The molecule has 0 atom stereocenters. The summed E-state index contributed by atoms with van der Waals surface area (Å²) in [5.41, 5.74) is 1.16. The zero-order chi connectivity index (χ0) is 12.3. The average Bonchev–Trinajstić information content (AvgIpc) is 2.83. The van der Waals surface area contributed by atoms with E-state index in [1.165, 1.54) is 12.1 Å². The maximum atomic E-state index is 11.6. The number of rotatable bonds is 3. The van der Waals surface area contributed by atoms with Crippen molar-refractivity contribution in [2.45, 2.75) is 0 Å². The Hall–Kier alpha value is -1.77. The van der Waals surface area contributed by atoms with Crippen LogP contribution in [0.15, 0.2) is 29.6 Å². The van der Waals surface area contributed by atoms with E-state index in [9.17, 15) is 4.79 Å². The molecule has 8 heteroatoms. The van der Waals surface area contributed by atoms with E-state index < -0.39 is 7.12 Å². The predicted molar refractivity (Wildman–Crippen MR) is 64.1 cm³/mol. The minimum Gasteiger partial charge on any atom is -0.423 e. The van der Waals surface area contributed by atoms with E-state index in [0.717, 1.165) is 11.5 Å². The molecule has 0 saturated carbocycles. The highest BCUT2D eigenvalue weighted by molar-refractivity contribution is 7.03. The minimum atomic E-state index is -1.51. The summed E-state index contributed by atoms with van der Waals surface area (Å²) in [7, 11) is -1.51. The van der Waals surface area contributed by atoms with Crippen LogP contribution in [-0.4, -0.2) is 32.7 Å². The molecule has 3 N–H and O–H groups in total. The smallest absolute Gasteiger partial charge is 0.423 e. The number of anilines is 1. The van der Waals surface area contributed by atoms with Gasteiger partial charge in [-0.3, -0.25) is 4.79 Å². The van der Waals surface area contributed by atoms with Crippen molar-refractivity contribution in [2.75, 3.05) is 5.32 Å². The van der Waals surface area contributed by atoms with Gasteiger partial charge in [0, 0.05) is 11.1 Å². The Balaban J connectivity index is 2.07. The Kier molecular flexibility index (Phi) is 3.47. The summed E-state index contributed by atoms with van der Waals surface area (Å²) in [6.07, 6.45) is 0. The molecule has 2 aromatic rings. The largest absolute Gasteiger partial charge is 0.488 e. The maximum absolute atomic E-state index is 11.6.